The number of carbonyl (C=O) groups is 1. The summed E-state index contributed by atoms with van der Waals surface area (Å²) in [5, 5.41) is 7.23. The zero-order valence-electron chi connectivity index (χ0n) is 22.3. The van der Waals surface area contributed by atoms with Crippen LogP contribution in [-0.2, 0) is 17.8 Å². The summed E-state index contributed by atoms with van der Waals surface area (Å²) in [6, 6.07) is 27.0. The topological polar surface area (TPSA) is 63.9 Å². The summed E-state index contributed by atoms with van der Waals surface area (Å²) in [5.74, 6) is 1.67. The minimum absolute atomic E-state index is 0.185. The predicted molar refractivity (Wildman–Crippen MR) is 155 cm³/mol. The highest BCUT2D eigenvalue weighted by molar-refractivity contribution is 5.90. The van der Waals surface area contributed by atoms with E-state index in [4.69, 9.17) is 10.1 Å². The molecule has 1 aliphatic rings. The first-order valence-electron chi connectivity index (χ1n) is 13.8. The Kier molecular flexibility index (Phi) is 7.17. The van der Waals surface area contributed by atoms with Crippen LogP contribution in [0.2, 0.25) is 0 Å². The van der Waals surface area contributed by atoms with E-state index in [1.165, 1.54) is 23.8 Å². The predicted octanol–water partition coefficient (Wildman–Crippen LogP) is 6.48. The average molecular weight is 516 g/mol. The molecule has 6 heteroatoms. The Bertz CT molecular complexity index is 1580. The molecule has 1 fully saturated rings. The van der Waals surface area contributed by atoms with Gasteiger partial charge in [-0.1, -0.05) is 79.1 Å². The van der Waals surface area contributed by atoms with Gasteiger partial charge >= 0.3 is 0 Å². The highest BCUT2D eigenvalue weighted by Gasteiger charge is 2.27. The van der Waals surface area contributed by atoms with Crippen LogP contribution in [0.15, 0.2) is 91.3 Å². The number of hydrogen-bond acceptors (Lipinski definition) is 4. The minimum atomic E-state index is 0.185. The summed E-state index contributed by atoms with van der Waals surface area (Å²) in [6.45, 7) is 3.27. The Morgan fingerprint density at radius 1 is 0.923 bits per heavy atom. The molecule has 6 nitrogen and oxygen atoms in total. The number of aryl methyl sites for hydroxylation is 1. The number of carbonyl (C=O) groups excluding carboxylic acids is 1. The molecule has 0 N–H and O–H groups in total. The molecule has 2 heterocycles. The van der Waals surface area contributed by atoms with E-state index in [0.717, 1.165) is 40.7 Å². The van der Waals surface area contributed by atoms with Gasteiger partial charge in [-0.2, -0.15) is 5.10 Å². The summed E-state index contributed by atoms with van der Waals surface area (Å²) in [6.07, 6.45) is 8.39. The van der Waals surface area contributed by atoms with Crippen molar-refractivity contribution in [2.24, 2.45) is 0 Å². The zero-order chi connectivity index (χ0) is 26.6. The van der Waals surface area contributed by atoms with Gasteiger partial charge in [0.2, 0.25) is 5.91 Å². The van der Waals surface area contributed by atoms with Gasteiger partial charge in [0.25, 0.3) is 0 Å². The van der Waals surface area contributed by atoms with E-state index < -0.39 is 0 Å². The SMILES string of the molecule is Cc1cccc(-c2nc(-c3ccncc3)nn2CCN(C(=O)Cc2cccc3ccccc23)C2CCCC2)c1. The molecule has 0 saturated heterocycles. The lowest BCUT2D eigenvalue weighted by Crippen LogP contribution is -2.42. The Labute approximate surface area is 229 Å². The fourth-order valence-electron chi connectivity index (χ4n) is 5.76. The third-order valence-corrected chi connectivity index (χ3v) is 7.75. The molecule has 39 heavy (non-hydrogen) atoms. The van der Waals surface area contributed by atoms with Crippen molar-refractivity contribution in [1.29, 1.82) is 0 Å². The summed E-state index contributed by atoms with van der Waals surface area (Å²) in [5.41, 5.74) is 4.21. The fraction of sp³-hybridized carbons (Fsp3) is 0.273. The first kappa shape index (κ1) is 25.0. The highest BCUT2D eigenvalue weighted by atomic mass is 16.2. The second-order valence-corrected chi connectivity index (χ2v) is 10.4. The zero-order valence-corrected chi connectivity index (χ0v) is 22.3. The number of nitrogens with zero attached hydrogens (tertiary/aromatic N) is 5. The summed E-state index contributed by atoms with van der Waals surface area (Å²) in [4.78, 5) is 25.1. The van der Waals surface area contributed by atoms with Gasteiger partial charge in [0.1, 0.15) is 0 Å². The van der Waals surface area contributed by atoms with E-state index in [0.29, 0.717) is 25.3 Å². The molecule has 1 saturated carbocycles. The molecule has 5 aromatic rings. The lowest BCUT2D eigenvalue weighted by atomic mass is 10.0. The normalized spacial score (nSPS) is 13.7. The Hall–Kier alpha value is -4.32. The summed E-state index contributed by atoms with van der Waals surface area (Å²) >= 11 is 0. The van der Waals surface area contributed by atoms with Crippen LogP contribution in [0.1, 0.15) is 36.8 Å². The number of benzene rings is 3. The first-order valence-corrected chi connectivity index (χ1v) is 13.8. The molecular weight excluding hydrogens is 482 g/mol. The molecule has 0 bridgehead atoms. The van der Waals surface area contributed by atoms with Crippen LogP contribution >= 0.6 is 0 Å². The number of amides is 1. The van der Waals surface area contributed by atoms with E-state index in [1.807, 2.05) is 35.0 Å². The Balaban J connectivity index is 1.29. The molecule has 0 aliphatic heterocycles. The number of aromatic nitrogens is 4. The maximum Gasteiger partial charge on any atom is 0.227 e. The van der Waals surface area contributed by atoms with Crippen molar-refractivity contribution < 1.29 is 4.79 Å². The molecule has 0 spiro atoms. The van der Waals surface area contributed by atoms with Crippen molar-refractivity contribution in [3.8, 4) is 22.8 Å². The van der Waals surface area contributed by atoms with Crippen LogP contribution in [0, 0.1) is 6.92 Å². The number of hydrogen-bond donors (Lipinski definition) is 0. The molecule has 1 amide bonds. The van der Waals surface area contributed by atoms with Crippen LogP contribution in [-0.4, -0.2) is 43.1 Å². The molecule has 0 atom stereocenters. The van der Waals surface area contributed by atoms with E-state index in [1.54, 1.807) is 12.4 Å². The van der Waals surface area contributed by atoms with Gasteiger partial charge in [-0.3, -0.25) is 9.78 Å². The minimum Gasteiger partial charge on any atom is -0.338 e. The average Bonchev–Trinajstić information content (AvgIpc) is 3.65. The fourth-order valence-corrected chi connectivity index (χ4v) is 5.76. The van der Waals surface area contributed by atoms with Gasteiger partial charge in [-0.05, 0) is 54.3 Å². The quantitative estimate of drug-likeness (QED) is 0.237. The molecular formula is C33H33N5O. The van der Waals surface area contributed by atoms with Crippen LogP contribution in [0.4, 0.5) is 0 Å². The van der Waals surface area contributed by atoms with Crippen molar-refractivity contribution in [2.45, 2.75) is 51.6 Å². The lowest BCUT2D eigenvalue weighted by molar-refractivity contribution is -0.132. The van der Waals surface area contributed by atoms with Crippen LogP contribution < -0.4 is 0 Å². The van der Waals surface area contributed by atoms with Gasteiger partial charge in [-0.15, -0.1) is 0 Å². The van der Waals surface area contributed by atoms with Crippen LogP contribution in [0.25, 0.3) is 33.5 Å². The van der Waals surface area contributed by atoms with Crippen molar-refractivity contribution in [3.63, 3.8) is 0 Å². The van der Waals surface area contributed by atoms with Crippen molar-refractivity contribution in [1.82, 2.24) is 24.6 Å². The standard InChI is InChI=1S/C33H33N5O/c1-24-8-6-12-28(22-24)33-35-32(26-16-18-34-19-17-26)36-38(33)21-20-37(29-13-3-4-14-29)31(39)23-27-11-7-10-25-9-2-5-15-30(25)27/h2,5-12,15-19,22,29H,3-4,13-14,20-21,23H2,1H3. The largest absolute Gasteiger partial charge is 0.338 e. The third kappa shape index (κ3) is 5.46. The molecule has 0 unspecified atom stereocenters. The van der Waals surface area contributed by atoms with Crippen molar-refractivity contribution >= 4 is 16.7 Å². The number of pyridine rings is 1. The summed E-state index contributed by atoms with van der Waals surface area (Å²) < 4.78 is 1.97. The lowest BCUT2D eigenvalue weighted by Gasteiger charge is -2.29. The number of rotatable bonds is 8. The molecule has 2 aromatic heterocycles. The van der Waals surface area contributed by atoms with E-state index in [-0.39, 0.29) is 11.9 Å². The number of fused-ring (bicyclic) bond motifs is 1. The molecule has 6 rings (SSSR count). The van der Waals surface area contributed by atoms with Crippen molar-refractivity contribution in [3.05, 3.63) is 102 Å². The van der Waals surface area contributed by atoms with E-state index in [9.17, 15) is 4.79 Å². The third-order valence-electron chi connectivity index (χ3n) is 7.75. The monoisotopic (exact) mass is 515 g/mol. The maximum atomic E-state index is 13.9. The molecule has 3 aromatic carbocycles. The molecule has 1 aliphatic carbocycles. The highest BCUT2D eigenvalue weighted by Crippen LogP contribution is 2.27. The molecule has 196 valence electrons. The second-order valence-electron chi connectivity index (χ2n) is 10.4. The van der Waals surface area contributed by atoms with Gasteiger partial charge in [0, 0.05) is 36.1 Å². The molecule has 0 radical (unpaired) electrons. The summed E-state index contributed by atoms with van der Waals surface area (Å²) in [7, 11) is 0. The van der Waals surface area contributed by atoms with Gasteiger partial charge < -0.3 is 4.90 Å². The Morgan fingerprint density at radius 3 is 2.51 bits per heavy atom. The second kappa shape index (κ2) is 11.2. The maximum absolute atomic E-state index is 13.9. The van der Waals surface area contributed by atoms with Gasteiger partial charge in [0.05, 0.1) is 13.0 Å². The van der Waals surface area contributed by atoms with Gasteiger partial charge in [0.15, 0.2) is 11.6 Å². The van der Waals surface area contributed by atoms with Crippen LogP contribution in [0.3, 0.4) is 0 Å². The smallest absolute Gasteiger partial charge is 0.227 e. The van der Waals surface area contributed by atoms with Gasteiger partial charge in [-0.25, -0.2) is 9.67 Å². The Morgan fingerprint density at radius 2 is 1.69 bits per heavy atom. The van der Waals surface area contributed by atoms with Crippen LogP contribution in [0.5, 0.6) is 0 Å². The first-order chi connectivity index (χ1) is 19.2. The van der Waals surface area contributed by atoms with E-state index in [2.05, 4.69) is 65.3 Å². The van der Waals surface area contributed by atoms with E-state index >= 15 is 0 Å². The van der Waals surface area contributed by atoms with Crippen molar-refractivity contribution in [2.75, 3.05) is 6.54 Å².